The molecule has 3 rings (SSSR count). The number of halogens is 3. The molecule has 1 aromatic carbocycles. The normalized spacial score (nSPS) is 11.3. The van der Waals surface area contributed by atoms with Gasteiger partial charge in [0.05, 0.1) is 11.3 Å². The van der Waals surface area contributed by atoms with Crippen molar-refractivity contribution in [2.45, 2.75) is 12.6 Å². The van der Waals surface area contributed by atoms with E-state index in [4.69, 9.17) is 0 Å². The number of pyridine rings is 1. The van der Waals surface area contributed by atoms with E-state index in [1.54, 1.807) is 18.5 Å². The molecule has 0 radical (unpaired) electrons. The second kappa shape index (κ2) is 8.03. The molecule has 2 heterocycles. The summed E-state index contributed by atoms with van der Waals surface area (Å²) in [6, 6.07) is 10.7. The summed E-state index contributed by atoms with van der Waals surface area (Å²) in [6.45, 7) is 0.659. The van der Waals surface area contributed by atoms with Crippen molar-refractivity contribution in [3.8, 4) is 0 Å². The van der Waals surface area contributed by atoms with Crippen LogP contribution in [0.15, 0.2) is 61.1 Å². The molecule has 0 saturated carbocycles. The van der Waals surface area contributed by atoms with Gasteiger partial charge in [-0.05, 0) is 42.3 Å². The molecule has 140 valence electrons. The lowest BCUT2D eigenvalue weighted by molar-refractivity contribution is -0.136. The van der Waals surface area contributed by atoms with Gasteiger partial charge in [0.25, 0.3) is 0 Å². The van der Waals surface area contributed by atoms with Crippen LogP contribution in [0.5, 0.6) is 0 Å². The molecule has 8 heteroatoms. The van der Waals surface area contributed by atoms with Crippen LogP contribution >= 0.6 is 0 Å². The van der Waals surface area contributed by atoms with Gasteiger partial charge in [0.15, 0.2) is 0 Å². The summed E-state index contributed by atoms with van der Waals surface area (Å²) < 4.78 is 39.4. The third-order valence-corrected chi connectivity index (χ3v) is 3.96. The molecule has 0 aliphatic rings. The Morgan fingerprint density at radius 2 is 1.74 bits per heavy atom. The Balaban J connectivity index is 1.72. The van der Waals surface area contributed by atoms with Gasteiger partial charge in [0, 0.05) is 32.2 Å². The highest BCUT2D eigenvalue weighted by atomic mass is 19.4. The van der Waals surface area contributed by atoms with Crippen LogP contribution in [0.2, 0.25) is 0 Å². The molecule has 0 spiro atoms. The number of hydrogen-bond donors (Lipinski definition) is 1. The highest BCUT2D eigenvalue weighted by Gasteiger charge is 2.33. The number of alkyl halides is 3. The molecule has 0 fully saturated rings. The molecule has 3 aromatic rings. The SMILES string of the molecule is CN(CCc1ccncc1)c1nccc(Nc2ccccc2C(F)(F)F)n1. The number of nitrogens with zero attached hydrogens (tertiary/aromatic N) is 4. The molecule has 27 heavy (non-hydrogen) atoms. The van der Waals surface area contributed by atoms with Gasteiger partial charge in [-0.3, -0.25) is 4.98 Å². The zero-order valence-corrected chi connectivity index (χ0v) is 14.6. The maximum atomic E-state index is 13.1. The number of aromatic nitrogens is 3. The summed E-state index contributed by atoms with van der Waals surface area (Å²) >= 11 is 0. The Labute approximate surface area is 154 Å². The van der Waals surface area contributed by atoms with Crippen molar-refractivity contribution in [1.82, 2.24) is 15.0 Å². The molecule has 0 amide bonds. The lowest BCUT2D eigenvalue weighted by atomic mass is 10.1. The number of rotatable bonds is 6. The minimum Gasteiger partial charge on any atom is -0.343 e. The summed E-state index contributed by atoms with van der Waals surface area (Å²) in [7, 11) is 1.84. The van der Waals surface area contributed by atoms with Crippen molar-refractivity contribution in [3.63, 3.8) is 0 Å². The van der Waals surface area contributed by atoms with Crippen LogP contribution in [0.25, 0.3) is 0 Å². The second-order valence-electron chi connectivity index (χ2n) is 5.94. The maximum absolute atomic E-state index is 13.1. The van der Waals surface area contributed by atoms with Crippen molar-refractivity contribution in [3.05, 3.63) is 72.2 Å². The Morgan fingerprint density at radius 3 is 2.48 bits per heavy atom. The van der Waals surface area contributed by atoms with E-state index in [0.29, 0.717) is 18.3 Å². The molecule has 1 N–H and O–H groups in total. The van der Waals surface area contributed by atoms with E-state index < -0.39 is 11.7 Å². The zero-order valence-electron chi connectivity index (χ0n) is 14.6. The largest absolute Gasteiger partial charge is 0.418 e. The van der Waals surface area contributed by atoms with Crippen LogP contribution in [0.1, 0.15) is 11.1 Å². The van der Waals surface area contributed by atoms with E-state index >= 15 is 0 Å². The summed E-state index contributed by atoms with van der Waals surface area (Å²) in [5.41, 5.74) is 0.343. The van der Waals surface area contributed by atoms with Crippen molar-refractivity contribution < 1.29 is 13.2 Å². The molecule has 0 atom stereocenters. The Morgan fingerprint density at radius 1 is 1.00 bits per heavy atom. The Bertz CT molecular complexity index is 884. The fourth-order valence-corrected chi connectivity index (χ4v) is 2.53. The summed E-state index contributed by atoms with van der Waals surface area (Å²) in [5, 5.41) is 2.74. The first-order valence-corrected chi connectivity index (χ1v) is 8.30. The van der Waals surface area contributed by atoms with Crippen molar-refractivity contribution >= 4 is 17.5 Å². The fraction of sp³-hybridized carbons (Fsp3) is 0.211. The third-order valence-electron chi connectivity index (χ3n) is 3.96. The monoisotopic (exact) mass is 373 g/mol. The third kappa shape index (κ3) is 4.93. The predicted octanol–water partition coefficient (Wildman–Crippen LogP) is 4.31. The minimum atomic E-state index is -4.44. The van der Waals surface area contributed by atoms with E-state index in [9.17, 15) is 13.2 Å². The van der Waals surface area contributed by atoms with Gasteiger partial charge >= 0.3 is 6.18 Å². The van der Waals surface area contributed by atoms with E-state index in [1.807, 2.05) is 24.1 Å². The fourth-order valence-electron chi connectivity index (χ4n) is 2.53. The van der Waals surface area contributed by atoms with Crippen LogP contribution < -0.4 is 10.2 Å². The number of benzene rings is 1. The number of nitrogens with one attached hydrogen (secondary N) is 1. The Hall–Kier alpha value is -3.16. The lowest BCUT2D eigenvalue weighted by Crippen LogP contribution is -2.22. The van der Waals surface area contributed by atoms with E-state index in [2.05, 4.69) is 20.3 Å². The molecule has 2 aromatic heterocycles. The van der Waals surface area contributed by atoms with Crippen molar-refractivity contribution in [1.29, 1.82) is 0 Å². The summed E-state index contributed by atoms with van der Waals surface area (Å²) in [4.78, 5) is 14.4. The number of likely N-dealkylation sites (N-methyl/N-ethyl adjacent to an activating group) is 1. The first kappa shape index (κ1) is 18.6. The van der Waals surface area contributed by atoms with Gasteiger partial charge in [-0.1, -0.05) is 12.1 Å². The molecule has 0 bridgehead atoms. The molecule has 0 unspecified atom stereocenters. The van der Waals surface area contributed by atoms with Crippen LogP contribution in [0.4, 0.5) is 30.6 Å². The summed E-state index contributed by atoms with van der Waals surface area (Å²) in [6.07, 6.45) is 1.31. The minimum absolute atomic E-state index is 0.0471. The lowest BCUT2D eigenvalue weighted by Gasteiger charge is -2.18. The van der Waals surface area contributed by atoms with Gasteiger partial charge < -0.3 is 10.2 Å². The molecule has 0 aliphatic carbocycles. The van der Waals surface area contributed by atoms with Gasteiger partial charge in [-0.25, -0.2) is 4.98 Å². The number of hydrogen-bond acceptors (Lipinski definition) is 5. The number of para-hydroxylation sites is 1. The zero-order chi connectivity index (χ0) is 19.3. The van der Waals surface area contributed by atoms with Gasteiger partial charge in [-0.2, -0.15) is 18.2 Å². The average Bonchev–Trinajstić information content (AvgIpc) is 2.67. The van der Waals surface area contributed by atoms with E-state index in [-0.39, 0.29) is 5.69 Å². The van der Waals surface area contributed by atoms with Crippen molar-refractivity contribution in [2.24, 2.45) is 0 Å². The van der Waals surface area contributed by atoms with Crippen molar-refractivity contribution in [2.75, 3.05) is 23.8 Å². The topological polar surface area (TPSA) is 53.9 Å². The molecule has 5 nitrogen and oxygen atoms in total. The van der Waals surface area contributed by atoms with Gasteiger partial charge in [-0.15, -0.1) is 0 Å². The Kier molecular flexibility index (Phi) is 5.54. The standard InChI is InChI=1S/C19H18F3N5/c1-27(13-9-14-6-10-23-11-7-14)18-24-12-8-17(26-18)25-16-5-3-2-4-15(16)19(20,21)22/h2-8,10-12H,9,13H2,1H3,(H,24,25,26). The first-order valence-electron chi connectivity index (χ1n) is 8.30. The van der Waals surface area contributed by atoms with E-state index in [1.165, 1.54) is 24.4 Å². The number of anilines is 3. The smallest absolute Gasteiger partial charge is 0.343 e. The van der Waals surface area contributed by atoms with Gasteiger partial charge in [0.1, 0.15) is 5.82 Å². The molecule has 0 saturated heterocycles. The molecular formula is C19H18F3N5. The molecular weight excluding hydrogens is 355 g/mol. The summed E-state index contributed by atoms with van der Waals surface area (Å²) in [5.74, 6) is 0.728. The second-order valence-corrected chi connectivity index (χ2v) is 5.94. The highest BCUT2D eigenvalue weighted by molar-refractivity contribution is 5.62. The molecule has 0 aliphatic heterocycles. The van der Waals surface area contributed by atoms with Crippen LogP contribution in [0, 0.1) is 0 Å². The first-order chi connectivity index (χ1) is 12.9. The average molecular weight is 373 g/mol. The van der Waals surface area contributed by atoms with Crippen LogP contribution in [-0.4, -0.2) is 28.5 Å². The maximum Gasteiger partial charge on any atom is 0.418 e. The van der Waals surface area contributed by atoms with Gasteiger partial charge in [0.2, 0.25) is 5.95 Å². The highest BCUT2D eigenvalue weighted by Crippen LogP contribution is 2.35. The quantitative estimate of drug-likeness (QED) is 0.698. The van der Waals surface area contributed by atoms with Crippen LogP contribution in [-0.2, 0) is 12.6 Å². The predicted molar refractivity (Wildman–Crippen MR) is 98.0 cm³/mol. The van der Waals surface area contributed by atoms with E-state index in [0.717, 1.165) is 18.1 Å². The van der Waals surface area contributed by atoms with Crippen LogP contribution in [0.3, 0.4) is 0 Å².